The molecule has 0 amide bonds. The van der Waals surface area contributed by atoms with Crippen LogP contribution in [-0.4, -0.2) is 19.1 Å². The summed E-state index contributed by atoms with van der Waals surface area (Å²) in [5, 5.41) is 3.12. The summed E-state index contributed by atoms with van der Waals surface area (Å²) < 4.78 is 30.8. The van der Waals surface area contributed by atoms with Gasteiger partial charge in [0.15, 0.2) is 11.6 Å². The van der Waals surface area contributed by atoms with Crippen molar-refractivity contribution in [1.29, 1.82) is 0 Å². The third kappa shape index (κ3) is 3.00. The maximum atomic E-state index is 13.2. The summed E-state index contributed by atoms with van der Waals surface area (Å²) >= 11 is 0. The number of hydrogen-bond acceptors (Lipinski definition) is 3. The fourth-order valence-electron chi connectivity index (χ4n) is 1.81. The number of hydrogen-bond donors (Lipinski definition) is 1. The van der Waals surface area contributed by atoms with Crippen molar-refractivity contribution in [2.75, 3.05) is 13.1 Å². The van der Waals surface area contributed by atoms with E-state index in [1.54, 1.807) is 0 Å². The first-order valence-electron chi connectivity index (χ1n) is 5.54. The number of halogens is 2. The Kier molecular flexibility index (Phi) is 3.68. The average Bonchev–Trinajstić information content (AvgIpc) is 2.34. The lowest BCUT2D eigenvalue weighted by atomic mass is 9.98. The lowest BCUT2D eigenvalue weighted by Crippen LogP contribution is -2.33. The van der Waals surface area contributed by atoms with Crippen LogP contribution >= 0.6 is 0 Å². The van der Waals surface area contributed by atoms with Crippen LogP contribution in [0, 0.1) is 17.6 Å². The van der Waals surface area contributed by atoms with Crippen molar-refractivity contribution < 1.29 is 18.3 Å². The molecule has 1 saturated heterocycles. The smallest absolute Gasteiger partial charge is 0.314 e. The van der Waals surface area contributed by atoms with Crippen LogP contribution in [0.15, 0.2) is 18.2 Å². The zero-order valence-electron chi connectivity index (χ0n) is 9.21. The van der Waals surface area contributed by atoms with Crippen LogP contribution in [0.4, 0.5) is 8.78 Å². The first kappa shape index (κ1) is 12.0. The highest BCUT2D eigenvalue weighted by Gasteiger charge is 2.23. The van der Waals surface area contributed by atoms with E-state index >= 15 is 0 Å². The minimum Gasteiger partial charge on any atom is -0.423 e. The van der Waals surface area contributed by atoms with E-state index < -0.39 is 17.6 Å². The van der Waals surface area contributed by atoms with E-state index in [2.05, 4.69) is 5.32 Å². The standard InChI is InChI=1S/C12H13F2NO2/c13-9-1-2-11(10(14)7-9)17-12(16)8-3-5-15-6-4-8/h1-2,7-8,15H,3-6H2. The van der Waals surface area contributed by atoms with E-state index in [0.29, 0.717) is 18.9 Å². The Morgan fingerprint density at radius 2 is 2.00 bits per heavy atom. The van der Waals surface area contributed by atoms with E-state index in [1.165, 1.54) is 0 Å². The van der Waals surface area contributed by atoms with Crippen LogP contribution in [0.2, 0.25) is 0 Å². The van der Waals surface area contributed by atoms with Crippen molar-refractivity contribution in [2.24, 2.45) is 5.92 Å². The number of piperidine rings is 1. The van der Waals surface area contributed by atoms with Gasteiger partial charge in [0.05, 0.1) is 5.92 Å². The van der Waals surface area contributed by atoms with Gasteiger partial charge in [-0.15, -0.1) is 0 Å². The third-order valence-electron chi connectivity index (χ3n) is 2.78. The Hall–Kier alpha value is -1.49. The number of rotatable bonds is 2. The molecule has 0 bridgehead atoms. The van der Waals surface area contributed by atoms with Gasteiger partial charge in [-0.2, -0.15) is 0 Å². The fraction of sp³-hybridized carbons (Fsp3) is 0.417. The van der Waals surface area contributed by atoms with Crippen molar-refractivity contribution in [3.8, 4) is 5.75 Å². The molecule has 17 heavy (non-hydrogen) atoms. The summed E-state index contributed by atoms with van der Waals surface area (Å²) in [5.74, 6) is -2.41. The van der Waals surface area contributed by atoms with Crippen molar-refractivity contribution >= 4 is 5.97 Å². The van der Waals surface area contributed by atoms with Gasteiger partial charge < -0.3 is 10.1 Å². The highest BCUT2D eigenvalue weighted by atomic mass is 19.1. The quantitative estimate of drug-likeness (QED) is 0.634. The Bertz CT molecular complexity index is 417. The van der Waals surface area contributed by atoms with Crippen LogP contribution < -0.4 is 10.1 Å². The molecule has 0 unspecified atom stereocenters. The van der Waals surface area contributed by atoms with Gasteiger partial charge in [0.2, 0.25) is 0 Å². The molecule has 0 atom stereocenters. The van der Waals surface area contributed by atoms with Gasteiger partial charge >= 0.3 is 5.97 Å². The van der Waals surface area contributed by atoms with E-state index in [9.17, 15) is 13.6 Å². The topological polar surface area (TPSA) is 38.3 Å². The second-order valence-electron chi connectivity index (χ2n) is 4.02. The SMILES string of the molecule is O=C(Oc1ccc(F)cc1F)C1CCNCC1. The van der Waals surface area contributed by atoms with E-state index in [0.717, 1.165) is 25.2 Å². The van der Waals surface area contributed by atoms with E-state index in [1.807, 2.05) is 0 Å². The Morgan fingerprint density at radius 1 is 1.29 bits per heavy atom. The molecule has 1 aliphatic heterocycles. The fourth-order valence-corrected chi connectivity index (χ4v) is 1.81. The molecular weight excluding hydrogens is 228 g/mol. The lowest BCUT2D eigenvalue weighted by Gasteiger charge is -2.20. The summed E-state index contributed by atoms with van der Waals surface area (Å²) in [6.07, 6.45) is 1.36. The number of benzene rings is 1. The zero-order chi connectivity index (χ0) is 12.3. The van der Waals surface area contributed by atoms with Gasteiger partial charge in [-0.3, -0.25) is 4.79 Å². The molecule has 1 heterocycles. The predicted molar refractivity (Wildman–Crippen MR) is 57.6 cm³/mol. The van der Waals surface area contributed by atoms with E-state index in [-0.39, 0.29) is 11.7 Å². The second kappa shape index (κ2) is 5.23. The van der Waals surface area contributed by atoms with Crippen LogP contribution in [0.25, 0.3) is 0 Å². The second-order valence-corrected chi connectivity index (χ2v) is 4.02. The molecule has 0 aromatic heterocycles. The van der Waals surface area contributed by atoms with Gasteiger partial charge in [0, 0.05) is 6.07 Å². The summed E-state index contributed by atoms with van der Waals surface area (Å²) in [6.45, 7) is 1.51. The Labute approximate surface area is 97.8 Å². The van der Waals surface area contributed by atoms with Crippen molar-refractivity contribution in [2.45, 2.75) is 12.8 Å². The van der Waals surface area contributed by atoms with Gasteiger partial charge in [-0.05, 0) is 38.1 Å². The molecule has 3 nitrogen and oxygen atoms in total. The molecule has 1 aromatic carbocycles. The van der Waals surface area contributed by atoms with Gasteiger partial charge in [-0.25, -0.2) is 8.78 Å². The summed E-state index contributed by atoms with van der Waals surface area (Å²) in [5.41, 5.74) is 0. The molecule has 0 aliphatic carbocycles. The maximum absolute atomic E-state index is 13.2. The lowest BCUT2D eigenvalue weighted by molar-refractivity contribution is -0.140. The molecule has 1 aromatic rings. The third-order valence-corrected chi connectivity index (χ3v) is 2.78. The van der Waals surface area contributed by atoms with Gasteiger partial charge in [0.1, 0.15) is 5.82 Å². The van der Waals surface area contributed by atoms with Gasteiger partial charge in [0.25, 0.3) is 0 Å². The molecular formula is C12H13F2NO2. The van der Waals surface area contributed by atoms with Crippen LogP contribution in [0.1, 0.15) is 12.8 Å². The molecule has 5 heteroatoms. The first-order chi connectivity index (χ1) is 8.16. The summed E-state index contributed by atoms with van der Waals surface area (Å²) in [4.78, 5) is 11.7. The summed E-state index contributed by atoms with van der Waals surface area (Å²) in [7, 11) is 0. The van der Waals surface area contributed by atoms with Crippen molar-refractivity contribution in [3.05, 3.63) is 29.8 Å². The molecule has 0 saturated carbocycles. The first-order valence-corrected chi connectivity index (χ1v) is 5.54. The number of carbonyl (C=O) groups is 1. The average molecular weight is 241 g/mol. The normalized spacial score (nSPS) is 16.8. The molecule has 2 rings (SSSR count). The molecule has 0 spiro atoms. The zero-order valence-corrected chi connectivity index (χ0v) is 9.21. The Balaban J connectivity index is 2.02. The minimum absolute atomic E-state index is 0.208. The number of esters is 1. The van der Waals surface area contributed by atoms with Crippen LogP contribution in [-0.2, 0) is 4.79 Å². The highest BCUT2D eigenvalue weighted by molar-refractivity contribution is 5.75. The maximum Gasteiger partial charge on any atom is 0.314 e. The van der Waals surface area contributed by atoms with E-state index in [4.69, 9.17) is 4.74 Å². The summed E-state index contributed by atoms with van der Waals surface area (Å²) in [6, 6.07) is 2.89. The minimum atomic E-state index is -0.854. The monoisotopic (exact) mass is 241 g/mol. The largest absolute Gasteiger partial charge is 0.423 e. The number of ether oxygens (including phenoxy) is 1. The number of nitrogens with one attached hydrogen (secondary N) is 1. The molecule has 1 N–H and O–H groups in total. The molecule has 92 valence electrons. The highest BCUT2D eigenvalue weighted by Crippen LogP contribution is 2.21. The molecule has 0 radical (unpaired) electrons. The van der Waals surface area contributed by atoms with Crippen molar-refractivity contribution in [1.82, 2.24) is 5.32 Å². The van der Waals surface area contributed by atoms with Gasteiger partial charge in [-0.1, -0.05) is 0 Å². The van der Waals surface area contributed by atoms with Crippen LogP contribution in [0.5, 0.6) is 5.75 Å². The molecule has 1 fully saturated rings. The number of carbonyl (C=O) groups excluding carboxylic acids is 1. The molecule has 1 aliphatic rings. The Morgan fingerprint density at radius 3 is 2.65 bits per heavy atom. The predicted octanol–water partition coefficient (Wildman–Crippen LogP) is 1.87. The van der Waals surface area contributed by atoms with Crippen LogP contribution in [0.3, 0.4) is 0 Å². The van der Waals surface area contributed by atoms with Crippen molar-refractivity contribution in [3.63, 3.8) is 0 Å².